The normalized spacial score (nSPS) is 39.2. The summed E-state index contributed by atoms with van der Waals surface area (Å²) in [5.74, 6) is 2.42. The van der Waals surface area contributed by atoms with Gasteiger partial charge in [0.05, 0.1) is 18.0 Å². The molecule has 3 fully saturated rings. The van der Waals surface area contributed by atoms with Crippen LogP contribution in [-0.4, -0.2) is 63.4 Å². The van der Waals surface area contributed by atoms with Crippen LogP contribution >= 0.6 is 11.8 Å². The second-order valence-corrected chi connectivity index (χ2v) is 12.2. The maximum Gasteiger partial charge on any atom is 0.150 e. The van der Waals surface area contributed by atoms with Crippen molar-refractivity contribution >= 4 is 21.6 Å². The largest absolute Gasteiger partial charge is 0.384 e. The van der Waals surface area contributed by atoms with Crippen molar-refractivity contribution in [3.05, 3.63) is 0 Å². The Kier molecular flexibility index (Phi) is 7.71. The highest BCUT2D eigenvalue weighted by Crippen LogP contribution is 2.36. The van der Waals surface area contributed by atoms with E-state index in [4.69, 9.17) is 4.74 Å². The van der Waals surface area contributed by atoms with Crippen molar-refractivity contribution < 1.29 is 13.2 Å². The summed E-state index contributed by atoms with van der Waals surface area (Å²) in [7, 11) is -1.10. The predicted octanol–water partition coefficient (Wildman–Crippen LogP) is 2.42. The molecule has 2 saturated heterocycles. The van der Waals surface area contributed by atoms with Gasteiger partial charge in [-0.15, -0.1) is 0 Å². The van der Waals surface area contributed by atoms with E-state index in [1.54, 1.807) is 7.11 Å². The second kappa shape index (κ2) is 9.59. The van der Waals surface area contributed by atoms with E-state index < -0.39 is 9.84 Å². The van der Waals surface area contributed by atoms with E-state index in [1.807, 2.05) is 0 Å². The van der Waals surface area contributed by atoms with Crippen molar-refractivity contribution in [1.29, 1.82) is 0 Å². The van der Waals surface area contributed by atoms with Crippen LogP contribution in [0.25, 0.3) is 0 Å². The average Bonchev–Trinajstić information content (AvgIpc) is 3.14. The minimum atomic E-state index is -2.89. The van der Waals surface area contributed by atoms with Crippen LogP contribution in [0.3, 0.4) is 0 Å². The van der Waals surface area contributed by atoms with E-state index in [0.717, 1.165) is 50.5 Å². The van der Waals surface area contributed by atoms with Crippen molar-refractivity contribution in [2.24, 2.45) is 11.8 Å². The predicted molar refractivity (Wildman–Crippen MR) is 109 cm³/mol. The molecule has 1 saturated carbocycles. The zero-order chi connectivity index (χ0) is 18.6. The van der Waals surface area contributed by atoms with Crippen LogP contribution in [0.5, 0.6) is 0 Å². The standard InChI is InChI=1S/C19H36N2O3S2/c1-24-13-15-7-10-18(20-12-16-4-3-11-25-16)21-19(15)14-5-8-17(9-6-14)26(2,22)23/h14-21H,3-13H2,1-2H3. The molecular formula is C19H36N2O3S2. The van der Waals surface area contributed by atoms with Gasteiger partial charge in [-0.25, -0.2) is 8.42 Å². The minimum absolute atomic E-state index is 0.128. The molecule has 1 aliphatic carbocycles. The minimum Gasteiger partial charge on any atom is -0.384 e. The summed E-state index contributed by atoms with van der Waals surface area (Å²) in [6, 6.07) is 0.443. The van der Waals surface area contributed by atoms with Crippen molar-refractivity contribution in [3.63, 3.8) is 0 Å². The molecule has 2 heterocycles. The van der Waals surface area contributed by atoms with Crippen molar-refractivity contribution in [1.82, 2.24) is 10.6 Å². The Morgan fingerprint density at radius 3 is 2.50 bits per heavy atom. The molecule has 2 N–H and O–H groups in total. The maximum absolute atomic E-state index is 11.9. The summed E-state index contributed by atoms with van der Waals surface area (Å²) < 4.78 is 29.2. The van der Waals surface area contributed by atoms with Gasteiger partial charge in [0, 0.05) is 31.2 Å². The Labute approximate surface area is 163 Å². The van der Waals surface area contributed by atoms with E-state index in [2.05, 4.69) is 22.4 Å². The van der Waals surface area contributed by atoms with E-state index in [0.29, 0.717) is 24.0 Å². The molecule has 2 aliphatic heterocycles. The van der Waals surface area contributed by atoms with Gasteiger partial charge in [0.15, 0.2) is 0 Å². The fourth-order valence-electron chi connectivity index (χ4n) is 5.05. The van der Waals surface area contributed by atoms with Crippen LogP contribution in [0, 0.1) is 11.8 Å². The summed E-state index contributed by atoms with van der Waals surface area (Å²) in [5.41, 5.74) is 0. The summed E-state index contributed by atoms with van der Waals surface area (Å²) in [6.07, 6.45) is 10.5. The zero-order valence-electron chi connectivity index (χ0n) is 16.3. The molecule has 0 spiro atoms. The first-order chi connectivity index (χ1) is 12.5. The van der Waals surface area contributed by atoms with Gasteiger partial charge >= 0.3 is 0 Å². The molecule has 3 rings (SSSR count). The van der Waals surface area contributed by atoms with Crippen molar-refractivity contribution in [3.8, 4) is 0 Å². The summed E-state index contributed by atoms with van der Waals surface area (Å²) in [4.78, 5) is 0. The molecule has 26 heavy (non-hydrogen) atoms. The van der Waals surface area contributed by atoms with Crippen molar-refractivity contribution in [2.75, 3.05) is 32.3 Å². The van der Waals surface area contributed by atoms with E-state index in [1.165, 1.54) is 31.3 Å². The number of hydrogen-bond acceptors (Lipinski definition) is 6. The number of piperidine rings is 1. The maximum atomic E-state index is 11.9. The Morgan fingerprint density at radius 1 is 1.12 bits per heavy atom. The summed E-state index contributed by atoms with van der Waals surface area (Å²) in [6.45, 7) is 1.90. The van der Waals surface area contributed by atoms with Crippen LogP contribution < -0.4 is 10.6 Å². The molecule has 0 aromatic rings. The third-order valence-electron chi connectivity index (χ3n) is 6.56. The summed E-state index contributed by atoms with van der Waals surface area (Å²) in [5, 5.41) is 8.29. The number of hydrogen-bond donors (Lipinski definition) is 2. The van der Waals surface area contributed by atoms with Crippen LogP contribution in [0.2, 0.25) is 0 Å². The Bertz CT molecular complexity index is 529. The fourth-order valence-corrected chi connectivity index (χ4v) is 7.39. The van der Waals surface area contributed by atoms with Gasteiger partial charge < -0.3 is 10.1 Å². The smallest absolute Gasteiger partial charge is 0.150 e. The van der Waals surface area contributed by atoms with Gasteiger partial charge in [-0.2, -0.15) is 11.8 Å². The lowest BCUT2D eigenvalue weighted by Gasteiger charge is -2.44. The third kappa shape index (κ3) is 5.60. The van der Waals surface area contributed by atoms with Gasteiger partial charge in [0.1, 0.15) is 9.84 Å². The monoisotopic (exact) mass is 404 g/mol. The van der Waals surface area contributed by atoms with Crippen LogP contribution in [0.15, 0.2) is 0 Å². The fraction of sp³-hybridized carbons (Fsp3) is 1.00. The average molecular weight is 405 g/mol. The first kappa shape index (κ1) is 20.9. The van der Waals surface area contributed by atoms with Crippen molar-refractivity contribution in [2.45, 2.75) is 74.1 Å². The van der Waals surface area contributed by atoms with E-state index in [9.17, 15) is 8.42 Å². The van der Waals surface area contributed by atoms with Crippen LogP contribution in [0.4, 0.5) is 0 Å². The van der Waals surface area contributed by atoms with Gasteiger partial charge in [-0.3, -0.25) is 5.32 Å². The molecule has 4 atom stereocenters. The zero-order valence-corrected chi connectivity index (χ0v) is 17.9. The second-order valence-electron chi connectivity index (χ2n) is 8.45. The Balaban J connectivity index is 1.54. The number of nitrogens with one attached hydrogen (secondary N) is 2. The molecule has 4 unspecified atom stereocenters. The molecule has 0 aromatic carbocycles. The first-order valence-electron chi connectivity index (χ1n) is 10.3. The molecule has 0 bridgehead atoms. The van der Waals surface area contributed by atoms with Crippen LogP contribution in [-0.2, 0) is 14.6 Å². The van der Waals surface area contributed by atoms with E-state index in [-0.39, 0.29) is 5.25 Å². The lowest BCUT2D eigenvalue weighted by molar-refractivity contribution is 0.0630. The van der Waals surface area contributed by atoms with Gasteiger partial charge in [-0.1, -0.05) is 0 Å². The van der Waals surface area contributed by atoms with Gasteiger partial charge in [0.2, 0.25) is 0 Å². The highest BCUT2D eigenvalue weighted by molar-refractivity contribution is 8.00. The molecule has 7 heteroatoms. The topological polar surface area (TPSA) is 67.4 Å². The SMILES string of the molecule is COCC1CCC(NCC2CCCS2)NC1C1CCC(S(C)(=O)=O)CC1. The number of sulfone groups is 1. The van der Waals surface area contributed by atoms with Crippen LogP contribution in [0.1, 0.15) is 51.4 Å². The highest BCUT2D eigenvalue weighted by atomic mass is 32.2. The highest BCUT2D eigenvalue weighted by Gasteiger charge is 2.38. The molecule has 3 aliphatic rings. The molecule has 5 nitrogen and oxygen atoms in total. The third-order valence-corrected chi connectivity index (χ3v) is 9.64. The van der Waals surface area contributed by atoms with Gasteiger partial charge in [-0.05, 0) is 69.0 Å². The number of methoxy groups -OCH3 is 1. The van der Waals surface area contributed by atoms with E-state index >= 15 is 0 Å². The quantitative estimate of drug-likeness (QED) is 0.679. The molecule has 152 valence electrons. The Morgan fingerprint density at radius 2 is 1.88 bits per heavy atom. The number of rotatable bonds is 7. The number of ether oxygens (including phenoxy) is 1. The summed E-state index contributed by atoms with van der Waals surface area (Å²) >= 11 is 2.10. The molecule has 0 aromatic heterocycles. The molecule has 0 radical (unpaired) electrons. The lowest BCUT2D eigenvalue weighted by atomic mass is 9.75. The number of thioether (sulfide) groups is 1. The van der Waals surface area contributed by atoms with Gasteiger partial charge in [0.25, 0.3) is 0 Å². The Hall–Kier alpha value is 0.180. The lowest BCUT2D eigenvalue weighted by Crippen LogP contribution is -2.58. The molecule has 0 amide bonds. The first-order valence-corrected chi connectivity index (χ1v) is 13.3. The molecular weight excluding hydrogens is 368 g/mol.